The molecule has 1 aliphatic carbocycles. The van der Waals surface area contributed by atoms with E-state index < -0.39 is 0 Å². The Bertz CT molecular complexity index is 4060. The zero-order chi connectivity index (χ0) is 43.7. The molecule has 14 rings (SSSR count). The van der Waals surface area contributed by atoms with E-state index >= 15 is 0 Å². The van der Waals surface area contributed by atoms with E-state index in [4.69, 9.17) is 0 Å². The van der Waals surface area contributed by atoms with Crippen LogP contribution in [0.15, 0.2) is 224 Å². The van der Waals surface area contributed by atoms with Crippen molar-refractivity contribution in [1.29, 1.82) is 0 Å². The summed E-state index contributed by atoms with van der Waals surface area (Å²) in [6.07, 6.45) is 0. The van der Waals surface area contributed by atoms with Gasteiger partial charge in [-0.15, -0.1) is 0 Å². The van der Waals surface area contributed by atoms with Crippen molar-refractivity contribution >= 4 is 77.0 Å². The number of anilines is 3. The van der Waals surface area contributed by atoms with Crippen LogP contribution in [0.3, 0.4) is 0 Å². The van der Waals surface area contributed by atoms with Crippen molar-refractivity contribution in [3.63, 3.8) is 0 Å². The molecule has 13 aromatic rings. The quantitative estimate of drug-likeness (QED) is 0.162. The molecular weight excluding hydrogens is 799 g/mol. The fourth-order valence-corrected chi connectivity index (χ4v) is 11.6. The van der Waals surface area contributed by atoms with E-state index in [9.17, 15) is 0 Å². The average molecular weight is 842 g/mol. The number of nitrogens with zero attached hydrogens (tertiary/aromatic N) is 3. The lowest BCUT2D eigenvalue weighted by molar-refractivity contribution is 0.660. The average Bonchev–Trinajstić information content (AvgIpc) is 4.07. The van der Waals surface area contributed by atoms with E-state index in [2.05, 4.69) is 252 Å². The van der Waals surface area contributed by atoms with Crippen LogP contribution >= 0.6 is 0 Å². The molecule has 0 amide bonds. The summed E-state index contributed by atoms with van der Waals surface area (Å²) in [6, 6.07) is 83.0. The van der Waals surface area contributed by atoms with Crippen LogP contribution < -0.4 is 4.90 Å². The van der Waals surface area contributed by atoms with Crippen LogP contribution in [-0.2, 0) is 5.41 Å². The Labute approximate surface area is 383 Å². The Morgan fingerprint density at radius 3 is 1.70 bits per heavy atom. The third-order valence-corrected chi connectivity index (χ3v) is 14.6. The Morgan fingerprint density at radius 2 is 0.894 bits per heavy atom. The van der Waals surface area contributed by atoms with Crippen LogP contribution in [-0.4, -0.2) is 8.97 Å². The highest BCUT2D eigenvalue weighted by Crippen LogP contribution is 2.53. The highest BCUT2D eigenvalue weighted by atomic mass is 15.1. The van der Waals surface area contributed by atoms with Crippen LogP contribution in [0.25, 0.3) is 99.0 Å². The molecule has 66 heavy (non-hydrogen) atoms. The van der Waals surface area contributed by atoms with Gasteiger partial charge in [0.25, 0.3) is 0 Å². The standard InChI is InChI=1S/C63H43N3/c1-63(2)55-37-42(47-21-14-26-59-61(47)54-23-13-22-53-51-20-10-12-25-58(51)66(59)62(53)54)29-34-48(55)49-35-32-45(38-56(49)63)64(44-30-27-41(28-31-44)40-15-5-3-6-16-40)46-33-36-52-50-19-9-11-24-57(50)65(60(52)39-46)43-17-7-4-8-18-43/h3-39H,1-2H3. The third kappa shape index (κ3) is 5.20. The predicted octanol–water partition coefficient (Wildman–Crippen LogP) is 17.0. The molecule has 0 radical (unpaired) electrons. The number of hydrogen-bond donors (Lipinski definition) is 0. The van der Waals surface area contributed by atoms with Crippen molar-refractivity contribution in [3.8, 4) is 39.1 Å². The summed E-state index contributed by atoms with van der Waals surface area (Å²) in [4.78, 5) is 2.44. The van der Waals surface area contributed by atoms with Crippen molar-refractivity contribution in [2.45, 2.75) is 19.3 Å². The van der Waals surface area contributed by atoms with Gasteiger partial charge in [-0.25, -0.2) is 0 Å². The van der Waals surface area contributed by atoms with Gasteiger partial charge in [0.05, 0.1) is 27.6 Å². The molecule has 1 aliphatic rings. The molecule has 0 N–H and O–H groups in total. The predicted molar refractivity (Wildman–Crippen MR) is 279 cm³/mol. The van der Waals surface area contributed by atoms with Crippen molar-refractivity contribution in [3.05, 3.63) is 236 Å². The SMILES string of the molecule is CC1(C)c2cc(-c3cccc4c3c3cccc5c6ccccc6n4c53)ccc2-c2ccc(N(c3ccc(-c4ccccc4)cc3)c3ccc4c5ccccc5n(-c5ccccc5)c4c3)cc21. The maximum atomic E-state index is 2.48. The maximum Gasteiger partial charge on any atom is 0.0620 e. The van der Waals surface area contributed by atoms with Gasteiger partial charge in [-0.3, -0.25) is 0 Å². The molecule has 0 bridgehead atoms. The highest BCUT2D eigenvalue weighted by molar-refractivity contribution is 6.26. The molecule has 3 aromatic heterocycles. The Morgan fingerprint density at radius 1 is 0.348 bits per heavy atom. The molecular formula is C63H43N3. The second-order valence-corrected chi connectivity index (χ2v) is 18.5. The highest BCUT2D eigenvalue weighted by Gasteiger charge is 2.37. The van der Waals surface area contributed by atoms with Crippen LogP contribution in [0, 0.1) is 0 Å². The first-order valence-corrected chi connectivity index (χ1v) is 23.0. The third-order valence-electron chi connectivity index (χ3n) is 14.6. The number of hydrogen-bond acceptors (Lipinski definition) is 1. The molecule has 310 valence electrons. The monoisotopic (exact) mass is 841 g/mol. The summed E-state index contributed by atoms with van der Waals surface area (Å²) < 4.78 is 4.89. The fraction of sp³-hybridized carbons (Fsp3) is 0.0476. The smallest absolute Gasteiger partial charge is 0.0620 e. The summed E-state index contributed by atoms with van der Waals surface area (Å²) in [5.74, 6) is 0. The first-order valence-electron chi connectivity index (χ1n) is 23.0. The minimum Gasteiger partial charge on any atom is -0.310 e. The zero-order valence-corrected chi connectivity index (χ0v) is 36.7. The number of fused-ring (bicyclic) bond motifs is 12. The summed E-state index contributed by atoms with van der Waals surface area (Å²) in [6.45, 7) is 4.81. The van der Waals surface area contributed by atoms with E-state index in [1.807, 2.05) is 0 Å². The van der Waals surface area contributed by atoms with Gasteiger partial charge < -0.3 is 13.9 Å². The normalized spacial score (nSPS) is 13.1. The number of benzene rings is 10. The van der Waals surface area contributed by atoms with Crippen LogP contribution in [0.4, 0.5) is 17.1 Å². The van der Waals surface area contributed by atoms with Crippen molar-refractivity contribution in [1.82, 2.24) is 8.97 Å². The van der Waals surface area contributed by atoms with Gasteiger partial charge >= 0.3 is 0 Å². The van der Waals surface area contributed by atoms with Gasteiger partial charge in [0.1, 0.15) is 0 Å². The molecule has 0 atom stereocenters. The zero-order valence-electron chi connectivity index (χ0n) is 36.7. The summed E-state index contributed by atoms with van der Waals surface area (Å²) in [7, 11) is 0. The molecule has 0 fully saturated rings. The van der Waals surface area contributed by atoms with Gasteiger partial charge in [-0.2, -0.15) is 0 Å². The molecule has 3 nitrogen and oxygen atoms in total. The summed E-state index contributed by atoms with van der Waals surface area (Å²) >= 11 is 0. The fourth-order valence-electron chi connectivity index (χ4n) is 11.6. The maximum absolute atomic E-state index is 2.48. The first kappa shape index (κ1) is 37.0. The topological polar surface area (TPSA) is 12.6 Å². The van der Waals surface area contributed by atoms with Crippen LogP contribution in [0.5, 0.6) is 0 Å². The Balaban J connectivity index is 0.922. The van der Waals surface area contributed by atoms with Gasteiger partial charge in [0.15, 0.2) is 0 Å². The number of rotatable bonds is 6. The van der Waals surface area contributed by atoms with Gasteiger partial charge in [-0.1, -0.05) is 166 Å². The van der Waals surface area contributed by atoms with E-state index in [1.165, 1.54) is 104 Å². The van der Waals surface area contributed by atoms with Crippen molar-refractivity contribution in [2.75, 3.05) is 4.90 Å². The number of para-hydroxylation sites is 4. The molecule has 0 unspecified atom stereocenters. The minimum atomic E-state index is -0.247. The second kappa shape index (κ2) is 13.8. The lowest BCUT2D eigenvalue weighted by Crippen LogP contribution is -2.16. The molecule has 10 aromatic carbocycles. The molecule has 0 spiro atoms. The van der Waals surface area contributed by atoms with Crippen molar-refractivity contribution in [2.24, 2.45) is 0 Å². The Hall–Kier alpha value is -8.40. The number of aromatic nitrogens is 2. The van der Waals surface area contributed by atoms with Gasteiger partial charge in [0, 0.05) is 60.5 Å². The molecule has 0 aliphatic heterocycles. The van der Waals surface area contributed by atoms with E-state index in [0.717, 1.165) is 22.7 Å². The van der Waals surface area contributed by atoms with Crippen LogP contribution in [0.1, 0.15) is 25.0 Å². The molecule has 0 saturated heterocycles. The minimum absolute atomic E-state index is 0.247. The largest absolute Gasteiger partial charge is 0.310 e. The molecule has 0 saturated carbocycles. The second-order valence-electron chi connectivity index (χ2n) is 18.5. The van der Waals surface area contributed by atoms with E-state index in [0.29, 0.717) is 0 Å². The summed E-state index contributed by atoms with van der Waals surface area (Å²) in [5.41, 5.74) is 20.7. The van der Waals surface area contributed by atoms with E-state index in [1.54, 1.807) is 0 Å². The van der Waals surface area contributed by atoms with Gasteiger partial charge in [0.2, 0.25) is 0 Å². The van der Waals surface area contributed by atoms with E-state index in [-0.39, 0.29) is 5.41 Å². The lowest BCUT2D eigenvalue weighted by Gasteiger charge is -2.28. The first-order chi connectivity index (χ1) is 32.5. The molecule has 3 heteroatoms. The summed E-state index contributed by atoms with van der Waals surface area (Å²) in [5, 5.41) is 7.73. The van der Waals surface area contributed by atoms with Crippen LogP contribution in [0.2, 0.25) is 0 Å². The van der Waals surface area contributed by atoms with Crippen molar-refractivity contribution < 1.29 is 0 Å². The van der Waals surface area contributed by atoms with Gasteiger partial charge in [-0.05, 0) is 117 Å². The lowest BCUT2D eigenvalue weighted by atomic mass is 9.81. The Kier molecular flexibility index (Phi) is 7.74. The molecule has 3 heterocycles.